The second kappa shape index (κ2) is 6.09. The van der Waals surface area contributed by atoms with Gasteiger partial charge in [-0.05, 0) is 0 Å². The average molecular weight is 316 g/mol. The zero-order valence-corrected chi connectivity index (χ0v) is 12.3. The number of esters is 1. The predicted octanol–water partition coefficient (Wildman–Crippen LogP) is 1.54. The lowest BCUT2D eigenvalue weighted by Gasteiger charge is -2.26. The Morgan fingerprint density at radius 1 is 1.50 bits per heavy atom. The van der Waals surface area contributed by atoms with E-state index in [0.717, 1.165) is 26.3 Å². The standard InChI is InChI=1S/C12H14ClN3O3S/c13-10-9(16-4-8-20-12(16)14-10)11(17)19-7-3-15-1-5-18-6-2-15/h4,8H,1-3,5-7H2. The van der Waals surface area contributed by atoms with Gasteiger partial charge in [0.25, 0.3) is 0 Å². The summed E-state index contributed by atoms with van der Waals surface area (Å²) in [6.07, 6.45) is 1.76. The lowest BCUT2D eigenvalue weighted by Crippen LogP contribution is -2.38. The first kappa shape index (κ1) is 13.8. The molecule has 0 bridgehead atoms. The fraction of sp³-hybridized carbons (Fsp3) is 0.500. The fourth-order valence-electron chi connectivity index (χ4n) is 2.10. The van der Waals surface area contributed by atoms with Crippen LogP contribution in [0.1, 0.15) is 10.5 Å². The largest absolute Gasteiger partial charge is 0.460 e. The summed E-state index contributed by atoms with van der Waals surface area (Å²) in [6, 6.07) is 0. The van der Waals surface area contributed by atoms with Crippen molar-refractivity contribution in [3.8, 4) is 0 Å². The molecule has 8 heteroatoms. The normalized spacial score (nSPS) is 16.6. The van der Waals surface area contributed by atoms with Gasteiger partial charge in [0.2, 0.25) is 0 Å². The van der Waals surface area contributed by atoms with Gasteiger partial charge in [-0.3, -0.25) is 9.30 Å². The van der Waals surface area contributed by atoms with E-state index in [2.05, 4.69) is 9.88 Å². The third kappa shape index (κ3) is 2.80. The van der Waals surface area contributed by atoms with E-state index in [0.29, 0.717) is 23.8 Å². The number of fused-ring (bicyclic) bond motifs is 1. The Hall–Kier alpha value is -1.15. The van der Waals surface area contributed by atoms with E-state index in [1.165, 1.54) is 11.3 Å². The van der Waals surface area contributed by atoms with Crippen molar-refractivity contribution in [2.24, 2.45) is 0 Å². The molecule has 0 N–H and O–H groups in total. The number of thiazole rings is 1. The van der Waals surface area contributed by atoms with E-state index in [4.69, 9.17) is 21.1 Å². The third-order valence-corrected chi connectivity index (χ3v) is 4.18. The van der Waals surface area contributed by atoms with Crippen LogP contribution in [0.15, 0.2) is 11.6 Å². The highest BCUT2D eigenvalue weighted by Crippen LogP contribution is 2.21. The molecule has 0 atom stereocenters. The molecule has 6 nitrogen and oxygen atoms in total. The highest BCUT2D eigenvalue weighted by atomic mass is 35.5. The number of carbonyl (C=O) groups is 1. The summed E-state index contributed by atoms with van der Waals surface area (Å²) in [6.45, 7) is 4.26. The lowest BCUT2D eigenvalue weighted by molar-refractivity contribution is 0.0193. The molecule has 3 heterocycles. The van der Waals surface area contributed by atoms with Crippen LogP contribution in [-0.2, 0) is 9.47 Å². The van der Waals surface area contributed by atoms with E-state index in [1.807, 2.05) is 5.38 Å². The molecule has 0 amide bonds. The molecule has 0 unspecified atom stereocenters. The molecule has 2 aromatic rings. The Labute approximate surface area is 124 Å². The molecule has 1 aliphatic heterocycles. The first-order valence-corrected chi connectivity index (χ1v) is 7.60. The van der Waals surface area contributed by atoms with Gasteiger partial charge in [-0.15, -0.1) is 11.3 Å². The Kier molecular flexibility index (Phi) is 4.21. The molecule has 2 aromatic heterocycles. The number of hydrogen-bond acceptors (Lipinski definition) is 6. The van der Waals surface area contributed by atoms with Crippen molar-refractivity contribution in [1.29, 1.82) is 0 Å². The van der Waals surface area contributed by atoms with Crippen molar-refractivity contribution < 1.29 is 14.3 Å². The second-order valence-electron chi connectivity index (χ2n) is 4.40. The van der Waals surface area contributed by atoms with Crippen molar-refractivity contribution in [1.82, 2.24) is 14.3 Å². The van der Waals surface area contributed by atoms with E-state index in [1.54, 1.807) is 10.6 Å². The summed E-state index contributed by atoms with van der Waals surface area (Å²) in [5.74, 6) is -0.436. The zero-order chi connectivity index (χ0) is 13.9. The van der Waals surface area contributed by atoms with Gasteiger partial charge >= 0.3 is 5.97 Å². The van der Waals surface area contributed by atoms with Crippen molar-refractivity contribution in [3.05, 3.63) is 22.4 Å². The van der Waals surface area contributed by atoms with E-state index >= 15 is 0 Å². The summed E-state index contributed by atoms with van der Waals surface area (Å²) < 4.78 is 12.2. The van der Waals surface area contributed by atoms with Crippen LogP contribution in [0.5, 0.6) is 0 Å². The summed E-state index contributed by atoms with van der Waals surface area (Å²) in [4.78, 5) is 19.1. The van der Waals surface area contributed by atoms with E-state index < -0.39 is 5.97 Å². The van der Waals surface area contributed by atoms with Crippen LogP contribution in [0, 0.1) is 0 Å². The molecule has 20 heavy (non-hydrogen) atoms. The van der Waals surface area contributed by atoms with Gasteiger partial charge < -0.3 is 9.47 Å². The van der Waals surface area contributed by atoms with Crippen molar-refractivity contribution >= 4 is 33.9 Å². The number of halogens is 1. The summed E-state index contributed by atoms with van der Waals surface area (Å²) >= 11 is 7.40. The van der Waals surface area contributed by atoms with E-state index in [9.17, 15) is 4.79 Å². The number of imidazole rings is 1. The number of ether oxygens (including phenoxy) is 2. The van der Waals surface area contributed by atoms with Gasteiger partial charge in [-0.25, -0.2) is 9.78 Å². The second-order valence-corrected chi connectivity index (χ2v) is 5.63. The molecule has 0 spiro atoms. The molecule has 0 radical (unpaired) electrons. The molecule has 0 aliphatic carbocycles. The summed E-state index contributed by atoms with van der Waals surface area (Å²) in [5, 5.41) is 2.04. The molecule has 3 rings (SSSR count). The third-order valence-electron chi connectivity index (χ3n) is 3.16. The molecule has 1 aliphatic rings. The molecule has 1 saturated heterocycles. The van der Waals surface area contributed by atoms with Gasteiger partial charge in [-0.1, -0.05) is 11.6 Å². The van der Waals surface area contributed by atoms with Crippen molar-refractivity contribution in [3.63, 3.8) is 0 Å². The molecule has 1 fully saturated rings. The van der Waals surface area contributed by atoms with E-state index in [-0.39, 0.29) is 5.15 Å². The SMILES string of the molecule is O=C(OCCN1CCOCC1)c1c(Cl)nc2sccn12. The minimum Gasteiger partial charge on any atom is -0.460 e. The lowest BCUT2D eigenvalue weighted by atomic mass is 10.4. The van der Waals surface area contributed by atoms with Gasteiger partial charge in [0.1, 0.15) is 6.61 Å². The van der Waals surface area contributed by atoms with Crippen LogP contribution in [0.4, 0.5) is 0 Å². The average Bonchev–Trinajstić information content (AvgIpc) is 2.99. The molecule has 0 aromatic carbocycles. The van der Waals surface area contributed by atoms with Gasteiger partial charge in [0.05, 0.1) is 13.2 Å². The molecular weight excluding hydrogens is 302 g/mol. The molecular formula is C12H14ClN3O3S. The Bertz CT molecular complexity index is 606. The maximum absolute atomic E-state index is 12.1. The number of aromatic nitrogens is 2. The van der Waals surface area contributed by atoms with Gasteiger partial charge in [0.15, 0.2) is 15.8 Å². The summed E-state index contributed by atoms with van der Waals surface area (Å²) in [7, 11) is 0. The van der Waals surface area contributed by atoms with Gasteiger partial charge in [0, 0.05) is 31.2 Å². The number of carbonyl (C=O) groups excluding carboxylic acids is 1. The first-order chi connectivity index (χ1) is 9.75. The minimum absolute atomic E-state index is 0.188. The van der Waals surface area contributed by atoms with Gasteiger partial charge in [-0.2, -0.15) is 0 Å². The number of hydrogen-bond donors (Lipinski definition) is 0. The first-order valence-electron chi connectivity index (χ1n) is 6.34. The smallest absolute Gasteiger partial charge is 0.358 e. The van der Waals surface area contributed by atoms with Crippen LogP contribution in [0.2, 0.25) is 5.15 Å². The number of rotatable bonds is 4. The monoisotopic (exact) mass is 315 g/mol. The summed E-state index contributed by atoms with van der Waals surface area (Å²) in [5.41, 5.74) is 0.296. The Morgan fingerprint density at radius 2 is 2.30 bits per heavy atom. The quantitative estimate of drug-likeness (QED) is 0.801. The predicted molar refractivity (Wildman–Crippen MR) is 75.6 cm³/mol. The van der Waals surface area contributed by atoms with Crippen LogP contribution in [0.25, 0.3) is 4.96 Å². The molecule has 0 saturated carbocycles. The number of nitrogens with zero attached hydrogens (tertiary/aromatic N) is 3. The highest BCUT2D eigenvalue weighted by Gasteiger charge is 2.20. The topological polar surface area (TPSA) is 56.1 Å². The van der Waals surface area contributed by atoms with Crippen LogP contribution in [-0.4, -0.2) is 59.7 Å². The highest BCUT2D eigenvalue weighted by molar-refractivity contribution is 7.15. The van der Waals surface area contributed by atoms with Crippen molar-refractivity contribution in [2.45, 2.75) is 0 Å². The van der Waals surface area contributed by atoms with Crippen LogP contribution < -0.4 is 0 Å². The zero-order valence-electron chi connectivity index (χ0n) is 10.7. The Morgan fingerprint density at radius 3 is 3.10 bits per heavy atom. The van der Waals surface area contributed by atoms with Crippen LogP contribution >= 0.6 is 22.9 Å². The Balaban J connectivity index is 1.58. The minimum atomic E-state index is -0.436. The molecule has 108 valence electrons. The maximum Gasteiger partial charge on any atom is 0.358 e. The number of morpholine rings is 1. The van der Waals surface area contributed by atoms with Crippen molar-refractivity contribution in [2.75, 3.05) is 39.5 Å². The maximum atomic E-state index is 12.1. The fourth-order valence-corrected chi connectivity index (χ4v) is 3.11. The van der Waals surface area contributed by atoms with Crippen LogP contribution in [0.3, 0.4) is 0 Å².